The summed E-state index contributed by atoms with van der Waals surface area (Å²) < 4.78 is 18.8. The molecule has 1 atom stereocenters. The van der Waals surface area contributed by atoms with Crippen molar-refractivity contribution in [1.82, 2.24) is 5.32 Å². The fourth-order valence-corrected chi connectivity index (χ4v) is 2.34. The summed E-state index contributed by atoms with van der Waals surface area (Å²) in [4.78, 5) is 0. The highest BCUT2D eigenvalue weighted by molar-refractivity contribution is 6.30. The lowest BCUT2D eigenvalue weighted by Crippen LogP contribution is -2.19. The molecule has 2 aromatic rings. The Morgan fingerprint density at radius 1 is 1.24 bits per heavy atom. The van der Waals surface area contributed by atoms with E-state index < -0.39 is 5.82 Å². The lowest BCUT2D eigenvalue weighted by atomic mass is 10.0. The van der Waals surface area contributed by atoms with Gasteiger partial charge in [0.05, 0.1) is 12.1 Å². The van der Waals surface area contributed by atoms with Gasteiger partial charge in [0, 0.05) is 18.2 Å². The van der Waals surface area contributed by atoms with Crippen LogP contribution in [-0.4, -0.2) is 7.11 Å². The largest absolute Gasteiger partial charge is 0.496 e. The van der Waals surface area contributed by atoms with E-state index in [1.165, 1.54) is 11.6 Å². The molecule has 1 N–H and O–H groups in total. The predicted molar refractivity (Wildman–Crippen MR) is 84.4 cm³/mol. The van der Waals surface area contributed by atoms with Crippen LogP contribution in [0.1, 0.15) is 29.7 Å². The lowest BCUT2D eigenvalue weighted by molar-refractivity contribution is 0.401. The quantitative estimate of drug-likeness (QED) is 0.868. The van der Waals surface area contributed by atoms with Gasteiger partial charge in [-0.15, -0.1) is 0 Å². The summed E-state index contributed by atoms with van der Waals surface area (Å²) in [6.07, 6.45) is 0. The molecule has 112 valence electrons. The molecule has 0 bridgehead atoms. The van der Waals surface area contributed by atoms with Crippen molar-refractivity contribution in [2.75, 3.05) is 7.11 Å². The van der Waals surface area contributed by atoms with Crippen LogP contribution in [0.4, 0.5) is 4.39 Å². The minimum absolute atomic E-state index is 0.0959. The first-order valence-electron chi connectivity index (χ1n) is 6.83. The summed E-state index contributed by atoms with van der Waals surface area (Å²) in [5, 5.41) is 3.52. The highest BCUT2D eigenvalue weighted by Crippen LogP contribution is 2.26. The summed E-state index contributed by atoms with van der Waals surface area (Å²) in [6, 6.07) is 11.0. The van der Waals surface area contributed by atoms with E-state index in [0.29, 0.717) is 6.54 Å². The average molecular weight is 308 g/mol. The van der Waals surface area contributed by atoms with Crippen LogP contribution in [0.2, 0.25) is 5.02 Å². The standard InChI is InChI=1S/C17H19ClFNO/c1-11-4-7-17(21-3)14(8-11)12(2)20-10-13-5-6-15(18)16(19)9-13/h4-9,12,20H,10H2,1-3H3. The monoisotopic (exact) mass is 307 g/mol. The van der Waals surface area contributed by atoms with Gasteiger partial charge in [-0.05, 0) is 37.6 Å². The Labute approximate surface area is 129 Å². The molecule has 0 saturated heterocycles. The number of nitrogens with one attached hydrogen (secondary N) is 1. The number of methoxy groups -OCH3 is 1. The summed E-state index contributed by atoms with van der Waals surface area (Å²) in [5.74, 6) is 0.458. The van der Waals surface area contributed by atoms with Crippen LogP contribution in [0.25, 0.3) is 0 Å². The Hall–Kier alpha value is -1.58. The maximum Gasteiger partial charge on any atom is 0.142 e. The lowest BCUT2D eigenvalue weighted by Gasteiger charge is -2.18. The van der Waals surface area contributed by atoms with Crippen molar-refractivity contribution in [3.8, 4) is 5.75 Å². The number of hydrogen-bond acceptors (Lipinski definition) is 2. The number of ether oxygens (including phenoxy) is 1. The highest BCUT2D eigenvalue weighted by atomic mass is 35.5. The van der Waals surface area contributed by atoms with E-state index in [2.05, 4.69) is 18.3 Å². The summed E-state index contributed by atoms with van der Waals surface area (Å²) in [5.41, 5.74) is 3.12. The molecule has 0 aliphatic heterocycles. The molecule has 1 unspecified atom stereocenters. The molecule has 0 aliphatic carbocycles. The number of halogens is 2. The number of benzene rings is 2. The van der Waals surface area contributed by atoms with Crippen LogP contribution >= 0.6 is 11.6 Å². The Kier molecular flexibility index (Phi) is 5.21. The molecule has 2 aromatic carbocycles. The Morgan fingerprint density at radius 3 is 2.67 bits per heavy atom. The van der Waals surface area contributed by atoms with Gasteiger partial charge < -0.3 is 10.1 Å². The van der Waals surface area contributed by atoms with Crippen LogP contribution in [-0.2, 0) is 6.54 Å². The zero-order valence-electron chi connectivity index (χ0n) is 12.4. The van der Waals surface area contributed by atoms with Gasteiger partial charge in [0.25, 0.3) is 0 Å². The van der Waals surface area contributed by atoms with Crippen molar-refractivity contribution in [3.05, 3.63) is 63.9 Å². The molecule has 0 aliphatic rings. The van der Waals surface area contributed by atoms with E-state index in [-0.39, 0.29) is 11.1 Å². The molecule has 21 heavy (non-hydrogen) atoms. The first-order chi connectivity index (χ1) is 10.0. The van der Waals surface area contributed by atoms with Gasteiger partial charge in [-0.1, -0.05) is 35.4 Å². The zero-order chi connectivity index (χ0) is 15.4. The minimum Gasteiger partial charge on any atom is -0.496 e. The topological polar surface area (TPSA) is 21.3 Å². The van der Waals surface area contributed by atoms with Gasteiger partial charge in [0.15, 0.2) is 0 Å². The molecule has 2 rings (SSSR count). The maximum atomic E-state index is 13.4. The molecule has 2 nitrogen and oxygen atoms in total. The van der Waals surface area contributed by atoms with Gasteiger partial charge >= 0.3 is 0 Å². The van der Waals surface area contributed by atoms with E-state index in [9.17, 15) is 4.39 Å². The maximum absolute atomic E-state index is 13.4. The third kappa shape index (κ3) is 3.96. The van der Waals surface area contributed by atoms with Gasteiger partial charge in [0.2, 0.25) is 0 Å². The molecule has 0 spiro atoms. The molecule has 0 aromatic heterocycles. The Morgan fingerprint density at radius 2 is 2.00 bits per heavy atom. The number of rotatable bonds is 5. The number of aryl methyl sites for hydroxylation is 1. The van der Waals surface area contributed by atoms with Gasteiger partial charge in [-0.2, -0.15) is 0 Å². The smallest absolute Gasteiger partial charge is 0.142 e. The fourth-order valence-electron chi connectivity index (χ4n) is 2.22. The summed E-state index contributed by atoms with van der Waals surface area (Å²) in [7, 11) is 1.66. The van der Waals surface area contributed by atoms with Crippen LogP contribution in [0.3, 0.4) is 0 Å². The van der Waals surface area contributed by atoms with Crippen LogP contribution in [0.5, 0.6) is 5.75 Å². The predicted octanol–water partition coefficient (Wildman–Crippen LogP) is 4.65. The second-order valence-corrected chi connectivity index (χ2v) is 5.50. The SMILES string of the molecule is COc1ccc(C)cc1C(C)NCc1ccc(Cl)c(F)c1. The van der Waals surface area contributed by atoms with Crippen molar-refractivity contribution in [2.24, 2.45) is 0 Å². The third-order valence-corrected chi connectivity index (χ3v) is 3.75. The molecule has 4 heteroatoms. The minimum atomic E-state index is -0.392. The first-order valence-corrected chi connectivity index (χ1v) is 7.21. The van der Waals surface area contributed by atoms with Crippen LogP contribution < -0.4 is 10.1 Å². The first kappa shape index (κ1) is 15.8. The Balaban J connectivity index is 2.09. The van der Waals surface area contributed by atoms with E-state index in [4.69, 9.17) is 16.3 Å². The van der Waals surface area contributed by atoms with Crippen molar-refractivity contribution < 1.29 is 9.13 Å². The zero-order valence-corrected chi connectivity index (χ0v) is 13.2. The van der Waals surface area contributed by atoms with Gasteiger partial charge in [-0.25, -0.2) is 4.39 Å². The van der Waals surface area contributed by atoms with E-state index in [1.807, 2.05) is 25.1 Å². The molecule has 0 amide bonds. The van der Waals surface area contributed by atoms with E-state index >= 15 is 0 Å². The molecular weight excluding hydrogens is 289 g/mol. The van der Waals surface area contributed by atoms with Crippen molar-refractivity contribution in [1.29, 1.82) is 0 Å². The average Bonchev–Trinajstić information content (AvgIpc) is 2.48. The normalized spacial score (nSPS) is 12.2. The van der Waals surface area contributed by atoms with Crippen molar-refractivity contribution >= 4 is 11.6 Å². The second-order valence-electron chi connectivity index (χ2n) is 5.10. The molecular formula is C17H19ClFNO. The second kappa shape index (κ2) is 6.92. The van der Waals surface area contributed by atoms with Crippen LogP contribution in [0, 0.1) is 12.7 Å². The van der Waals surface area contributed by atoms with E-state index in [0.717, 1.165) is 16.9 Å². The summed E-state index contributed by atoms with van der Waals surface area (Å²) >= 11 is 5.68. The third-order valence-electron chi connectivity index (χ3n) is 3.45. The molecule has 0 fully saturated rings. The van der Waals surface area contributed by atoms with E-state index in [1.54, 1.807) is 13.2 Å². The van der Waals surface area contributed by atoms with Crippen molar-refractivity contribution in [3.63, 3.8) is 0 Å². The number of hydrogen-bond donors (Lipinski definition) is 1. The molecule has 0 heterocycles. The highest BCUT2D eigenvalue weighted by Gasteiger charge is 2.11. The van der Waals surface area contributed by atoms with Gasteiger partial charge in [0.1, 0.15) is 11.6 Å². The van der Waals surface area contributed by atoms with Gasteiger partial charge in [-0.3, -0.25) is 0 Å². The molecule has 0 radical (unpaired) electrons. The Bertz CT molecular complexity index is 630. The molecule has 0 saturated carbocycles. The summed E-state index contributed by atoms with van der Waals surface area (Å²) in [6.45, 7) is 4.67. The fraction of sp³-hybridized carbons (Fsp3) is 0.294. The van der Waals surface area contributed by atoms with Crippen molar-refractivity contribution in [2.45, 2.75) is 26.4 Å². The van der Waals surface area contributed by atoms with Crippen LogP contribution in [0.15, 0.2) is 36.4 Å².